The van der Waals surface area contributed by atoms with Gasteiger partial charge in [-0.15, -0.1) is 11.3 Å². The van der Waals surface area contributed by atoms with Gasteiger partial charge in [0.15, 0.2) is 23.9 Å². The van der Waals surface area contributed by atoms with Gasteiger partial charge in [0.25, 0.3) is 11.5 Å². The van der Waals surface area contributed by atoms with E-state index < -0.39 is 18.5 Å². The molecule has 11 heteroatoms. The van der Waals surface area contributed by atoms with Gasteiger partial charge in [-0.25, -0.2) is 9.78 Å². The van der Waals surface area contributed by atoms with Crippen LogP contribution in [0.5, 0.6) is 11.5 Å². The van der Waals surface area contributed by atoms with Gasteiger partial charge in [0, 0.05) is 24.6 Å². The van der Waals surface area contributed by atoms with Gasteiger partial charge in [-0.1, -0.05) is 6.42 Å². The van der Waals surface area contributed by atoms with Gasteiger partial charge in [0.1, 0.15) is 15.5 Å². The van der Waals surface area contributed by atoms with Crippen LogP contribution in [-0.2, 0) is 22.5 Å². The molecule has 3 aromatic rings. The molecule has 0 radical (unpaired) electrons. The maximum absolute atomic E-state index is 13.1. The monoisotopic (exact) mass is 497 g/mol. The summed E-state index contributed by atoms with van der Waals surface area (Å²) in [6.07, 6.45) is 3.67. The van der Waals surface area contributed by atoms with Crippen molar-refractivity contribution in [3.63, 3.8) is 0 Å². The third-order valence-corrected chi connectivity index (χ3v) is 7.26. The van der Waals surface area contributed by atoms with Crippen molar-refractivity contribution in [3.8, 4) is 11.5 Å². The van der Waals surface area contributed by atoms with Crippen LogP contribution in [0.4, 0.5) is 5.69 Å². The number of esters is 1. The number of ketones is 1. The summed E-state index contributed by atoms with van der Waals surface area (Å²) in [5.74, 6) is -0.0394. The van der Waals surface area contributed by atoms with Gasteiger partial charge in [-0.05, 0) is 38.3 Å². The summed E-state index contributed by atoms with van der Waals surface area (Å²) in [6, 6.07) is 3.00. The van der Waals surface area contributed by atoms with Crippen molar-refractivity contribution < 1.29 is 28.6 Å². The Hall–Kier alpha value is -3.73. The second kappa shape index (κ2) is 9.14. The average molecular weight is 498 g/mol. The molecule has 10 nitrogen and oxygen atoms in total. The molecule has 1 amide bonds. The Morgan fingerprint density at radius 2 is 1.94 bits per heavy atom. The fraction of sp³-hybridized carbons (Fsp3) is 0.375. The molecule has 0 fully saturated rings. The lowest BCUT2D eigenvalue weighted by molar-refractivity contribution is -0.119. The third-order valence-electron chi connectivity index (χ3n) is 6.10. The van der Waals surface area contributed by atoms with Gasteiger partial charge in [0.2, 0.25) is 6.79 Å². The molecular weight excluding hydrogens is 474 g/mol. The Morgan fingerprint density at radius 3 is 2.71 bits per heavy atom. The molecule has 0 bridgehead atoms. The van der Waals surface area contributed by atoms with Gasteiger partial charge in [-0.3, -0.25) is 19.0 Å². The van der Waals surface area contributed by atoms with E-state index in [4.69, 9.17) is 14.2 Å². The zero-order valence-corrected chi connectivity index (χ0v) is 20.1. The fourth-order valence-electron chi connectivity index (χ4n) is 4.32. The zero-order chi connectivity index (χ0) is 24.7. The SMILES string of the molecule is CC(=O)c1cc2c(cc1NC(=O)COC(=O)c1sc3nc4n(c(=O)c3c1C)CCCCC4)OCO2. The summed E-state index contributed by atoms with van der Waals surface area (Å²) in [4.78, 5) is 55.8. The Labute approximate surface area is 203 Å². The van der Waals surface area contributed by atoms with E-state index in [0.717, 1.165) is 42.8 Å². The number of thiophene rings is 1. The molecule has 2 aliphatic heterocycles. The van der Waals surface area contributed by atoms with Crippen molar-refractivity contribution in [2.24, 2.45) is 0 Å². The number of aryl methyl sites for hydroxylation is 2. The van der Waals surface area contributed by atoms with Crippen molar-refractivity contribution >= 4 is 44.9 Å². The van der Waals surface area contributed by atoms with E-state index in [0.29, 0.717) is 33.8 Å². The summed E-state index contributed by atoms with van der Waals surface area (Å²) in [7, 11) is 0. The molecule has 4 heterocycles. The van der Waals surface area contributed by atoms with Crippen LogP contribution in [0.25, 0.3) is 10.2 Å². The molecule has 0 saturated heterocycles. The van der Waals surface area contributed by atoms with Gasteiger partial charge in [0.05, 0.1) is 11.1 Å². The number of Topliss-reactive ketones (excluding diaryl/α,β-unsaturated/α-hetero) is 1. The highest BCUT2D eigenvalue weighted by Crippen LogP contribution is 2.37. The van der Waals surface area contributed by atoms with Crippen LogP contribution in [0, 0.1) is 6.92 Å². The highest BCUT2D eigenvalue weighted by molar-refractivity contribution is 7.20. The zero-order valence-electron chi connectivity index (χ0n) is 19.3. The number of nitrogens with one attached hydrogen (secondary N) is 1. The van der Waals surface area contributed by atoms with E-state index in [1.165, 1.54) is 19.1 Å². The molecule has 2 aliphatic rings. The minimum Gasteiger partial charge on any atom is -0.454 e. The van der Waals surface area contributed by atoms with E-state index in [-0.39, 0.29) is 34.3 Å². The minimum absolute atomic E-state index is 0.0254. The maximum Gasteiger partial charge on any atom is 0.349 e. The summed E-state index contributed by atoms with van der Waals surface area (Å²) in [6.45, 7) is 3.13. The van der Waals surface area contributed by atoms with Crippen LogP contribution in [-0.4, -0.2) is 40.6 Å². The number of amides is 1. The first-order chi connectivity index (χ1) is 16.8. The number of hydrogen-bond donors (Lipinski definition) is 1. The Bertz CT molecular complexity index is 1440. The summed E-state index contributed by atoms with van der Waals surface area (Å²) >= 11 is 1.10. The number of nitrogens with zero attached hydrogens (tertiary/aromatic N) is 2. The second-order valence-electron chi connectivity index (χ2n) is 8.46. The van der Waals surface area contributed by atoms with Gasteiger partial charge in [-0.2, -0.15) is 0 Å². The lowest BCUT2D eigenvalue weighted by atomic mass is 10.1. The van der Waals surface area contributed by atoms with Gasteiger partial charge >= 0.3 is 5.97 Å². The first-order valence-corrected chi connectivity index (χ1v) is 12.1. The maximum atomic E-state index is 13.1. The number of carbonyl (C=O) groups excluding carboxylic acids is 3. The largest absolute Gasteiger partial charge is 0.454 e. The van der Waals surface area contributed by atoms with Gasteiger partial charge < -0.3 is 19.5 Å². The minimum atomic E-state index is -0.710. The fourth-order valence-corrected chi connectivity index (χ4v) is 5.41. The molecule has 0 aliphatic carbocycles. The molecule has 0 spiro atoms. The lowest BCUT2D eigenvalue weighted by Crippen LogP contribution is -2.24. The van der Waals surface area contributed by atoms with Crippen molar-refractivity contribution in [3.05, 3.63) is 44.3 Å². The molecule has 0 unspecified atom stereocenters. The van der Waals surface area contributed by atoms with Crippen molar-refractivity contribution in [2.75, 3.05) is 18.7 Å². The number of benzene rings is 1. The van der Waals surface area contributed by atoms with Crippen LogP contribution in [0.2, 0.25) is 0 Å². The van der Waals surface area contributed by atoms with E-state index in [2.05, 4.69) is 10.3 Å². The number of rotatable bonds is 5. The van der Waals surface area contributed by atoms with E-state index in [1.54, 1.807) is 11.5 Å². The number of ether oxygens (including phenoxy) is 3. The van der Waals surface area contributed by atoms with Crippen molar-refractivity contribution in [1.82, 2.24) is 9.55 Å². The number of aromatic nitrogens is 2. The molecule has 1 aromatic carbocycles. The molecule has 182 valence electrons. The normalized spacial score (nSPS) is 14.3. The predicted molar refractivity (Wildman–Crippen MR) is 128 cm³/mol. The molecule has 2 aromatic heterocycles. The number of carbonyl (C=O) groups is 3. The quantitative estimate of drug-likeness (QED) is 0.421. The predicted octanol–water partition coefficient (Wildman–Crippen LogP) is 3.22. The number of anilines is 1. The standard InChI is InChI=1S/C24H23N3O7S/c1-12-20-22(26-18-6-4-3-5-7-27(18)23(20)30)35-21(12)24(31)32-10-19(29)25-15-9-17-16(33-11-34-17)8-14(15)13(2)28/h8-9H,3-7,10-11H2,1-2H3,(H,25,29). The highest BCUT2D eigenvalue weighted by atomic mass is 32.1. The van der Waals surface area contributed by atoms with E-state index in [9.17, 15) is 19.2 Å². The van der Waals surface area contributed by atoms with E-state index in [1.807, 2.05) is 0 Å². The molecular formula is C24H23N3O7S. The first kappa shape index (κ1) is 23.0. The van der Waals surface area contributed by atoms with Crippen LogP contribution in [0.15, 0.2) is 16.9 Å². The highest BCUT2D eigenvalue weighted by Gasteiger charge is 2.24. The average Bonchev–Trinajstić information content (AvgIpc) is 3.33. The molecule has 0 atom stereocenters. The molecule has 35 heavy (non-hydrogen) atoms. The number of fused-ring (bicyclic) bond motifs is 3. The molecule has 5 rings (SSSR count). The van der Waals surface area contributed by atoms with Crippen LogP contribution in [0.3, 0.4) is 0 Å². The lowest BCUT2D eigenvalue weighted by Gasteiger charge is -2.11. The van der Waals surface area contributed by atoms with E-state index >= 15 is 0 Å². The van der Waals surface area contributed by atoms with Crippen LogP contribution >= 0.6 is 11.3 Å². The van der Waals surface area contributed by atoms with Crippen LogP contribution in [0.1, 0.15) is 57.6 Å². The van der Waals surface area contributed by atoms with Crippen molar-refractivity contribution in [2.45, 2.75) is 46.1 Å². The summed E-state index contributed by atoms with van der Waals surface area (Å²) in [5.41, 5.74) is 0.847. The first-order valence-electron chi connectivity index (χ1n) is 11.3. The Kier molecular flexibility index (Phi) is 6.01. The third kappa shape index (κ3) is 4.27. The summed E-state index contributed by atoms with van der Waals surface area (Å²) in [5, 5.41) is 3.01. The number of hydrogen-bond acceptors (Lipinski definition) is 9. The van der Waals surface area contributed by atoms with Crippen LogP contribution < -0.4 is 20.3 Å². The molecule has 1 N–H and O–H groups in total. The topological polar surface area (TPSA) is 126 Å². The second-order valence-corrected chi connectivity index (χ2v) is 9.46. The Balaban J connectivity index is 1.33. The summed E-state index contributed by atoms with van der Waals surface area (Å²) < 4.78 is 17.5. The Morgan fingerprint density at radius 1 is 1.17 bits per heavy atom. The smallest absolute Gasteiger partial charge is 0.349 e. The molecule has 0 saturated carbocycles. The van der Waals surface area contributed by atoms with Crippen molar-refractivity contribution in [1.29, 1.82) is 0 Å².